The Kier molecular flexibility index (Phi) is 5.99. The summed E-state index contributed by atoms with van der Waals surface area (Å²) in [6, 6.07) is 12.0. The number of amides is 2. The first-order valence-corrected chi connectivity index (χ1v) is 12.3. The number of sulfonamides is 1. The van der Waals surface area contributed by atoms with Gasteiger partial charge in [0.2, 0.25) is 11.8 Å². The number of fused-ring (bicyclic) bond motifs is 1. The Morgan fingerprint density at radius 1 is 1.00 bits per heavy atom. The van der Waals surface area contributed by atoms with Gasteiger partial charge in [-0.05, 0) is 49.6 Å². The molecule has 7 nitrogen and oxygen atoms in total. The second-order valence-corrected chi connectivity index (χ2v) is 10.5. The third-order valence-electron chi connectivity index (χ3n) is 6.54. The number of anilines is 1. The molecule has 1 aliphatic carbocycles. The van der Waals surface area contributed by atoms with Gasteiger partial charge >= 0.3 is 0 Å². The minimum Gasteiger partial charge on any atom is -0.495 e. The Hall–Kier alpha value is -2.87. The van der Waals surface area contributed by atoms with Crippen molar-refractivity contribution in [2.24, 2.45) is 11.8 Å². The van der Waals surface area contributed by atoms with Gasteiger partial charge in [0.05, 0.1) is 31.2 Å². The van der Waals surface area contributed by atoms with Crippen LogP contribution in [0, 0.1) is 18.8 Å². The number of carbonyl (C=O) groups excluding carboxylic acids is 2. The van der Waals surface area contributed by atoms with Crippen molar-refractivity contribution in [3.8, 4) is 5.75 Å². The van der Waals surface area contributed by atoms with Gasteiger partial charge in [-0.3, -0.25) is 18.8 Å². The van der Waals surface area contributed by atoms with Crippen molar-refractivity contribution in [2.75, 3.05) is 18.5 Å². The molecule has 0 unspecified atom stereocenters. The summed E-state index contributed by atoms with van der Waals surface area (Å²) in [6.07, 6.45) is 3.42. The Labute approximate surface area is 189 Å². The third-order valence-corrected chi connectivity index (χ3v) is 8.34. The summed E-state index contributed by atoms with van der Waals surface area (Å²) in [5.41, 5.74) is 2.12. The van der Waals surface area contributed by atoms with Gasteiger partial charge in [0.25, 0.3) is 10.0 Å². The van der Waals surface area contributed by atoms with E-state index in [9.17, 15) is 18.0 Å². The molecule has 2 aromatic carbocycles. The summed E-state index contributed by atoms with van der Waals surface area (Å²) in [6.45, 7) is 1.99. The number of methoxy groups -OCH3 is 1. The van der Waals surface area contributed by atoms with Crippen LogP contribution in [0.5, 0.6) is 5.75 Å². The van der Waals surface area contributed by atoms with Gasteiger partial charge in [0, 0.05) is 7.05 Å². The lowest BCUT2D eigenvalue weighted by Gasteiger charge is -2.22. The van der Waals surface area contributed by atoms with Gasteiger partial charge in [-0.15, -0.1) is 0 Å². The summed E-state index contributed by atoms with van der Waals surface area (Å²) >= 11 is 0. The van der Waals surface area contributed by atoms with E-state index in [0.29, 0.717) is 11.3 Å². The average Bonchev–Trinajstić information content (AvgIpc) is 3.04. The minimum absolute atomic E-state index is 0.00270. The van der Waals surface area contributed by atoms with E-state index in [1.54, 1.807) is 24.3 Å². The molecule has 1 heterocycles. The summed E-state index contributed by atoms with van der Waals surface area (Å²) < 4.78 is 33.4. The lowest BCUT2D eigenvalue weighted by Crippen LogP contribution is -2.31. The highest BCUT2D eigenvalue weighted by Crippen LogP contribution is 2.39. The van der Waals surface area contributed by atoms with E-state index in [4.69, 9.17) is 4.74 Å². The Morgan fingerprint density at radius 2 is 1.59 bits per heavy atom. The van der Waals surface area contributed by atoms with Gasteiger partial charge in [-0.2, -0.15) is 0 Å². The first-order chi connectivity index (χ1) is 15.2. The van der Waals surface area contributed by atoms with Crippen LogP contribution in [0.3, 0.4) is 0 Å². The van der Waals surface area contributed by atoms with Crippen molar-refractivity contribution in [2.45, 2.75) is 44.0 Å². The molecular formula is C24H28N2O5S. The number of imide groups is 1. The van der Waals surface area contributed by atoms with E-state index in [2.05, 4.69) is 0 Å². The van der Waals surface area contributed by atoms with Crippen LogP contribution in [0.4, 0.5) is 5.69 Å². The van der Waals surface area contributed by atoms with Gasteiger partial charge in [-0.1, -0.05) is 36.6 Å². The minimum atomic E-state index is -3.93. The number of rotatable bonds is 6. The lowest BCUT2D eigenvalue weighted by atomic mass is 9.81. The summed E-state index contributed by atoms with van der Waals surface area (Å²) in [4.78, 5) is 27.0. The summed E-state index contributed by atoms with van der Waals surface area (Å²) in [5.74, 6) is -0.537. The smallest absolute Gasteiger partial charge is 0.267 e. The molecule has 0 N–H and O–H groups in total. The SMILES string of the molecule is COc1ccc(CN2C(=O)[C@H]3CCCC[C@@H]3C2=O)cc1S(=O)(=O)N(C)c1ccc(C)cc1. The number of hydrogen-bond donors (Lipinski definition) is 0. The molecule has 8 heteroatoms. The average molecular weight is 457 g/mol. The lowest BCUT2D eigenvalue weighted by molar-refractivity contribution is -0.140. The van der Waals surface area contributed by atoms with E-state index in [0.717, 1.165) is 31.2 Å². The number of ether oxygens (including phenoxy) is 1. The fraction of sp³-hybridized carbons (Fsp3) is 0.417. The first kappa shape index (κ1) is 22.3. The standard InChI is InChI=1S/C24H28N2O5S/c1-16-8-11-18(12-9-16)25(2)32(29,30)22-14-17(10-13-21(22)31-3)15-26-23(27)19-6-4-5-7-20(19)24(26)28/h8-14,19-20H,4-7,15H2,1-3H3/t19-,20-/m0/s1. The first-order valence-electron chi connectivity index (χ1n) is 10.8. The van der Waals surface area contributed by atoms with Gasteiger partial charge < -0.3 is 4.74 Å². The van der Waals surface area contributed by atoms with Crippen molar-refractivity contribution in [1.82, 2.24) is 4.90 Å². The summed E-state index contributed by atoms with van der Waals surface area (Å²) in [5, 5.41) is 0. The Balaban J connectivity index is 1.65. The Morgan fingerprint density at radius 3 is 2.16 bits per heavy atom. The van der Waals surface area contributed by atoms with Crippen molar-refractivity contribution >= 4 is 27.5 Å². The van der Waals surface area contributed by atoms with Crippen LogP contribution in [0.2, 0.25) is 0 Å². The van der Waals surface area contributed by atoms with Gasteiger partial charge in [-0.25, -0.2) is 8.42 Å². The zero-order valence-electron chi connectivity index (χ0n) is 18.6. The molecule has 1 saturated carbocycles. The van der Waals surface area contributed by atoms with E-state index < -0.39 is 10.0 Å². The number of nitrogens with zero attached hydrogens (tertiary/aromatic N) is 2. The molecule has 0 spiro atoms. The maximum absolute atomic E-state index is 13.4. The number of aryl methyl sites for hydroxylation is 1. The number of carbonyl (C=O) groups is 2. The zero-order chi connectivity index (χ0) is 23.0. The quantitative estimate of drug-likeness (QED) is 0.621. The van der Waals surface area contributed by atoms with Crippen LogP contribution in [0.15, 0.2) is 47.4 Å². The maximum atomic E-state index is 13.4. The van der Waals surface area contributed by atoms with Gasteiger partial charge in [0.1, 0.15) is 10.6 Å². The van der Waals surface area contributed by atoms with Gasteiger partial charge in [0.15, 0.2) is 0 Å². The van der Waals surface area contributed by atoms with E-state index in [1.807, 2.05) is 19.1 Å². The fourth-order valence-electron chi connectivity index (χ4n) is 4.63. The van der Waals surface area contributed by atoms with Crippen LogP contribution in [0.1, 0.15) is 36.8 Å². The molecule has 170 valence electrons. The summed E-state index contributed by atoms with van der Waals surface area (Å²) in [7, 11) is -1.03. The molecule has 1 saturated heterocycles. The predicted octanol–water partition coefficient (Wildman–Crippen LogP) is 3.50. The highest BCUT2D eigenvalue weighted by molar-refractivity contribution is 7.92. The normalized spacial score (nSPS) is 20.9. The van der Waals surface area contributed by atoms with Crippen molar-refractivity contribution in [3.05, 3.63) is 53.6 Å². The number of hydrogen-bond acceptors (Lipinski definition) is 5. The van der Waals surface area contributed by atoms with Crippen LogP contribution >= 0.6 is 0 Å². The molecule has 4 rings (SSSR count). The van der Waals surface area contributed by atoms with Crippen LogP contribution in [-0.4, -0.2) is 39.3 Å². The molecule has 1 aliphatic heterocycles. The van der Waals surface area contributed by atoms with E-state index >= 15 is 0 Å². The van der Waals surface area contributed by atoms with Crippen molar-refractivity contribution in [3.63, 3.8) is 0 Å². The van der Waals surface area contributed by atoms with Crippen LogP contribution in [-0.2, 0) is 26.2 Å². The third kappa shape index (κ3) is 3.88. The number of likely N-dealkylation sites (tertiary alicyclic amines) is 1. The molecule has 2 amide bonds. The topological polar surface area (TPSA) is 84.0 Å². The molecule has 2 atom stereocenters. The monoisotopic (exact) mass is 456 g/mol. The molecule has 0 radical (unpaired) electrons. The van der Waals surface area contributed by atoms with E-state index in [-0.39, 0.29) is 40.8 Å². The molecular weight excluding hydrogens is 428 g/mol. The number of benzene rings is 2. The van der Waals surface area contributed by atoms with Crippen LogP contribution in [0.25, 0.3) is 0 Å². The van der Waals surface area contributed by atoms with Crippen molar-refractivity contribution in [1.29, 1.82) is 0 Å². The second-order valence-electron chi connectivity index (χ2n) is 8.55. The fourth-order valence-corrected chi connectivity index (χ4v) is 6.03. The maximum Gasteiger partial charge on any atom is 0.267 e. The highest BCUT2D eigenvalue weighted by atomic mass is 32.2. The molecule has 0 bridgehead atoms. The molecule has 32 heavy (non-hydrogen) atoms. The predicted molar refractivity (Wildman–Crippen MR) is 121 cm³/mol. The van der Waals surface area contributed by atoms with Crippen LogP contribution < -0.4 is 9.04 Å². The molecule has 2 aromatic rings. The Bertz CT molecular complexity index is 1120. The van der Waals surface area contributed by atoms with Crippen molar-refractivity contribution < 1.29 is 22.7 Å². The molecule has 2 fully saturated rings. The van der Waals surface area contributed by atoms with E-state index in [1.165, 1.54) is 29.4 Å². The molecule has 2 aliphatic rings. The second kappa shape index (κ2) is 8.58. The zero-order valence-corrected chi connectivity index (χ0v) is 19.4. The highest BCUT2D eigenvalue weighted by Gasteiger charge is 2.48. The largest absolute Gasteiger partial charge is 0.495 e. The molecule has 0 aromatic heterocycles.